The molecule has 0 aliphatic rings. The minimum absolute atomic E-state index is 0.0324. The second-order valence-corrected chi connectivity index (χ2v) is 3.16. The third-order valence-electron chi connectivity index (χ3n) is 1.54. The molecule has 0 saturated carbocycles. The van der Waals surface area contributed by atoms with Gasteiger partial charge in [0.15, 0.2) is 11.5 Å². The van der Waals surface area contributed by atoms with Gasteiger partial charge in [0.1, 0.15) is 5.82 Å². The number of aryl methyl sites for hydroxylation is 1. The Kier molecular flexibility index (Phi) is 2.57. The molecule has 0 heterocycles. The van der Waals surface area contributed by atoms with Crippen LogP contribution < -0.4 is 4.74 Å². The number of hydrogen-bond acceptors (Lipinski definition) is 2. The van der Waals surface area contributed by atoms with Gasteiger partial charge >= 0.3 is 0 Å². The lowest BCUT2D eigenvalue weighted by Gasteiger charge is -2.08. The van der Waals surface area contributed by atoms with Crippen LogP contribution >= 0.6 is 15.9 Å². The summed E-state index contributed by atoms with van der Waals surface area (Å²) < 4.78 is 17.8. The van der Waals surface area contributed by atoms with Crippen LogP contribution in [0.3, 0.4) is 0 Å². The normalized spacial score (nSPS) is 10.0. The van der Waals surface area contributed by atoms with Crippen LogP contribution in [0.15, 0.2) is 10.5 Å². The van der Waals surface area contributed by atoms with Crippen LogP contribution in [0.4, 0.5) is 4.39 Å². The summed E-state index contributed by atoms with van der Waals surface area (Å²) in [7, 11) is 1.42. The van der Waals surface area contributed by atoms with E-state index in [2.05, 4.69) is 15.9 Å². The van der Waals surface area contributed by atoms with Crippen molar-refractivity contribution in [1.82, 2.24) is 0 Å². The summed E-state index contributed by atoms with van der Waals surface area (Å²) >= 11 is 2.90. The fourth-order valence-corrected chi connectivity index (χ4v) is 1.27. The second-order valence-electron chi connectivity index (χ2n) is 2.37. The molecule has 0 atom stereocenters. The first-order chi connectivity index (χ1) is 5.57. The third kappa shape index (κ3) is 1.39. The van der Waals surface area contributed by atoms with E-state index in [1.54, 1.807) is 6.92 Å². The number of rotatable bonds is 1. The summed E-state index contributed by atoms with van der Waals surface area (Å²) in [5.41, 5.74) is 0.565. The molecule has 0 spiro atoms. The molecule has 12 heavy (non-hydrogen) atoms. The predicted octanol–water partition coefficient (Wildman–Crippen LogP) is 2.61. The highest BCUT2D eigenvalue weighted by molar-refractivity contribution is 9.10. The summed E-state index contributed by atoms with van der Waals surface area (Å²) in [5, 5.41) is 9.35. The molecule has 0 unspecified atom stereocenters. The topological polar surface area (TPSA) is 29.5 Å². The molecule has 0 saturated heterocycles. The molecule has 0 aromatic heterocycles. The number of benzene rings is 1. The van der Waals surface area contributed by atoms with Gasteiger partial charge in [0.05, 0.1) is 11.6 Å². The zero-order valence-electron chi connectivity index (χ0n) is 6.69. The minimum Gasteiger partial charge on any atom is -0.503 e. The Labute approximate surface area is 78.1 Å². The van der Waals surface area contributed by atoms with Crippen LogP contribution in [0.5, 0.6) is 11.5 Å². The number of methoxy groups -OCH3 is 1. The maximum absolute atomic E-state index is 12.9. The highest BCUT2D eigenvalue weighted by atomic mass is 79.9. The van der Waals surface area contributed by atoms with E-state index in [0.29, 0.717) is 11.3 Å². The van der Waals surface area contributed by atoms with Crippen molar-refractivity contribution < 1.29 is 14.2 Å². The molecule has 1 aromatic rings. The maximum Gasteiger partial charge on any atom is 0.175 e. The summed E-state index contributed by atoms with van der Waals surface area (Å²) in [6.45, 7) is 1.66. The van der Waals surface area contributed by atoms with Gasteiger partial charge in [-0.25, -0.2) is 4.39 Å². The monoisotopic (exact) mass is 234 g/mol. The van der Waals surface area contributed by atoms with Crippen molar-refractivity contribution in [3.63, 3.8) is 0 Å². The van der Waals surface area contributed by atoms with Crippen LogP contribution in [0.25, 0.3) is 0 Å². The first-order valence-electron chi connectivity index (χ1n) is 3.29. The summed E-state index contributed by atoms with van der Waals surface area (Å²) in [6, 6.07) is 1.29. The lowest BCUT2D eigenvalue weighted by Crippen LogP contribution is -1.90. The molecule has 1 rings (SSSR count). The lowest BCUT2D eigenvalue weighted by atomic mass is 10.2. The first-order valence-corrected chi connectivity index (χ1v) is 4.08. The van der Waals surface area contributed by atoms with Crippen molar-refractivity contribution in [1.29, 1.82) is 0 Å². The van der Waals surface area contributed by atoms with Crippen molar-refractivity contribution in [3.05, 3.63) is 21.9 Å². The molecule has 0 radical (unpaired) electrons. The van der Waals surface area contributed by atoms with E-state index in [0.717, 1.165) is 0 Å². The number of ether oxygens (including phenoxy) is 1. The third-order valence-corrected chi connectivity index (χ3v) is 2.29. The molecule has 1 N–H and O–H groups in total. The lowest BCUT2D eigenvalue weighted by molar-refractivity contribution is 0.366. The number of aromatic hydroxyl groups is 1. The van der Waals surface area contributed by atoms with Gasteiger partial charge in [0, 0.05) is 0 Å². The molecule has 0 aliphatic carbocycles. The van der Waals surface area contributed by atoms with Crippen molar-refractivity contribution in [2.45, 2.75) is 6.92 Å². The Bertz CT molecular complexity index is 312. The van der Waals surface area contributed by atoms with E-state index in [4.69, 9.17) is 4.74 Å². The fourth-order valence-electron chi connectivity index (χ4n) is 0.976. The van der Waals surface area contributed by atoms with Gasteiger partial charge in [-0.3, -0.25) is 0 Å². The molecule has 2 nitrogen and oxygen atoms in total. The average Bonchev–Trinajstić information content (AvgIpc) is 2.01. The van der Waals surface area contributed by atoms with Gasteiger partial charge in [0.2, 0.25) is 0 Å². The average molecular weight is 235 g/mol. The molecule has 0 aliphatic heterocycles. The van der Waals surface area contributed by atoms with E-state index < -0.39 is 5.82 Å². The predicted molar refractivity (Wildman–Crippen MR) is 47.1 cm³/mol. The highest BCUT2D eigenvalue weighted by Crippen LogP contribution is 2.38. The van der Waals surface area contributed by atoms with E-state index in [9.17, 15) is 9.50 Å². The largest absolute Gasteiger partial charge is 0.503 e. The Morgan fingerprint density at radius 3 is 2.67 bits per heavy atom. The molecule has 0 fully saturated rings. The summed E-state index contributed by atoms with van der Waals surface area (Å²) in [4.78, 5) is 0. The van der Waals surface area contributed by atoms with E-state index in [1.807, 2.05) is 0 Å². The molecular weight excluding hydrogens is 227 g/mol. The zero-order valence-corrected chi connectivity index (χ0v) is 8.27. The van der Waals surface area contributed by atoms with Gasteiger partial charge in [-0.2, -0.15) is 0 Å². The molecule has 0 bridgehead atoms. The minimum atomic E-state index is -0.495. The van der Waals surface area contributed by atoms with Crippen LogP contribution in [-0.2, 0) is 0 Å². The molecule has 66 valence electrons. The van der Waals surface area contributed by atoms with Crippen LogP contribution in [0, 0.1) is 12.7 Å². The fraction of sp³-hybridized carbons (Fsp3) is 0.250. The Morgan fingerprint density at radius 1 is 1.58 bits per heavy atom. The Balaban J connectivity index is 3.40. The van der Waals surface area contributed by atoms with Gasteiger partial charge < -0.3 is 9.84 Å². The summed E-state index contributed by atoms with van der Waals surface area (Å²) in [6.07, 6.45) is 0. The second kappa shape index (κ2) is 3.31. The number of phenolic OH excluding ortho intramolecular Hbond substituents is 1. The van der Waals surface area contributed by atoms with Crippen molar-refractivity contribution in [2.24, 2.45) is 0 Å². The zero-order chi connectivity index (χ0) is 9.30. The van der Waals surface area contributed by atoms with Gasteiger partial charge in [-0.15, -0.1) is 0 Å². The quantitative estimate of drug-likeness (QED) is 0.810. The number of phenols is 1. The van der Waals surface area contributed by atoms with E-state index in [1.165, 1.54) is 13.2 Å². The highest BCUT2D eigenvalue weighted by Gasteiger charge is 2.13. The van der Waals surface area contributed by atoms with Crippen LogP contribution in [-0.4, -0.2) is 12.2 Å². The van der Waals surface area contributed by atoms with E-state index >= 15 is 0 Å². The Hall–Kier alpha value is -0.770. The van der Waals surface area contributed by atoms with Crippen molar-refractivity contribution >= 4 is 15.9 Å². The van der Waals surface area contributed by atoms with Crippen molar-refractivity contribution in [3.8, 4) is 11.5 Å². The van der Waals surface area contributed by atoms with Crippen LogP contribution in [0.2, 0.25) is 0 Å². The van der Waals surface area contributed by atoms with Gasteiger partial charge in [-0.1, -0.05) is 0 Å². The molecule has 1 aromatic carbocycles. The summed E-state index contributed by atoms with van der Waals surface area (Å²) in [5.74, 6) is -0.399. The van der Waals surface area contributed by atoms with Gasteiger partial charge in [0.25, 0.3) is 0 Å². The number of hydrogen-bond donors (Lipinski definition) is 1. The molecular formula is C8H8BrFO2. The SMILES string of the molecule is COc1c(C)cc(F)c(Br)c1O. The van der Waals surface area contributed by atoms with E-state index in [-0.39, 0.29) is 10.2 Å². The van der Waals surface area contributed by atoms with Gasteiger partial charge in [-0.05, 0) is 34.5 Å². The number of halogens is 2. The maximum atomic E-state index is 12.9. The van der Waals surface area contributed by atoms with Crippen molar-refractivity contribution in [2.75, 3.05) is 7.11 Å². The molecule has 4 heteroatoms. The smallest absolute Gasteiger partial charge is 0.175 e. The van der Waals surface area contributed by atoms with Crippen LogP contribution in [0.1, 0.15) is 5.56 Å². The first kappa shape index (κ1) is 9.32. The molecule has 0 amide bonds. The Morgan fingerprint density at radius 2 is 2.17 bits per heavy atom. The standard InChI is InChI=1S/C8H8BrFO2/c1-4-3-5(10)6(9)7(11)8(4)12-2/h3,11H,1-2H3.